The van der Waals surface area contributed by atoms with Crippen LogP contribution in [0.5, 0.6) is 0 Å². The lowest BCUT2D eigenvalue weighted by atomic mass is 9.78. The van der Waals surface area contributed by atoms with Gasteiger partial charge in [-0.3, -0.25) is 0 Å². The van der Waals surface area contributed by atoms with Gasteiger partial charge < -0.3 is 0 Å². The highest BCUT2D eigenvalue weighted by molar-refractivity contribution is 4.94. The Balaban J connectivity index is 2.49. The van der Waals surface area contributed by atoms with Crippen molar-refractivity contribution in [2.75, 3.05) is 0 Å². The van der Waals surface area contributed by atoms with Gasteiger partial charge in [-0.05, 0) is 56.8 Å². The minimum Gasteiger partial charge on any atom is -0.0856 e. The van der Waals surface area contributed by atoms with E-state index in [0.717, 1.165) is 23.7 Å². The second-order valence-corrected chi connectivity index (χ2v) is 7.56. The van der Waals surface area contributed by atoms with Crippen molar-refractivity contribution in [2.45, 2.75) is 86.0 Å². The number of allylic oxidation sites excluding steroid dienone is 2. The third-order valence-corrected chi connectivity index (χ3v) is 5.06. The lowest BCUT2D eigenvalue weighted by Crippen LogP contribution is -2.15. The van der Waals surface area contributed by atoms with Gasteiger partial charge in [-0.25, -0.2) is 0 Å². The van der Waals surface area contributed by atoms with Gasteiger partial charge in [-0.1, -0.05) is 64.5 Å². The molecule has 0 aromatic heterocycles. The van der Waals surface area contributed by atoms with Gasteiger partial charge in [0.15, 0.2) is 0 Å². The van der Waals surface area contributed by atoms with Crippen molar-refractivity contribution in [3.05, 3.63) is 11.6 Å². The summed E-state index contributed by atoms with van der Waals surface area (Å²) in [5, 5.41) is 0. The average Bonchev–Trinajstić information content (AvgIpc) is 2.34. The molecule has 0 aliphatic heterocycles. The fraction of sp³-hybridized carbons (Fsp3) is 0.895. The van der Waals surface area contributed by atoms with Crippen molar-refractivity contribution < 1.29 is 0 Å². The molecule has 1 saturated carbocycles. The van der Waals surface area contributed by atoms with Crippen molar-refractivity contribution in [1.29, 1.82) is 0 Å². The molecule has 0 aromatic rings. The molecule has 1 rings (SSSR count). The van der Waals surface area contributed by atoms with E-state index in [-0.39, 0.29) is 0 Å². The van der Waals surface area contributed by atoms with Crippen molar-refractivity contribution in [2.24, 2.45) is 23.7 Å². The molecule has 0 heterocycles. The van der Waals surface area contributed by atoms with Gasteiger partial charge >= 0.3 is 0 Å². The zero-order valence-electron chi connectivity index (χ0n) is 14.0. The van der Waals surface area contributed by atoms with Crippen molar-refractivity contribution in [1.82, 2.24) is 0 Å². The topological polar surface area (TPSA) is 0 Å². The molecule has 0 amide bonds. The van der Waals surface area contributed by atoms with E-state index in [1.807, 2.05) is 0 Å². The fourth-order valence-corrected chi connectivity index (χ4v) is 3.65. The monoisotopic (exact) mass is 264 g/mol. The van der Waals surface area contributed by atoms with Crippen molar-refractivity contribution in [3.8, 4) is 0 Å². The molecule has 0 saturated heterocycles. The maximum Gasteiger partial charge on any atom is -0.0320 e. The molecule has 0 radical (unpaired) electrons. The summed E-state index contributed by atoms with van der Waals surface area (Å²) in [5.41, 5.74) is 1.48. The van der Waals surface area contributed by atoms with Gasteiger partial charge in [-0.15, -0.1) is 0 Å². The Bertz CT molecular complexity index is 259. The first kappa shape index (κ1) is 16.8. The summed E-state index contributed by atoms with van der Waals surface area (Å²) >= 11 is 0. The Labute approximate surface area is 122 Å². The van der Waals surface area contributed by atoms with E-state index >= 15 is 0 Å². The Hall–Kier alpha value is -0.260. The molecule has 19 heavy (non-hydrogen) atoms. The van der Waals surface area contributed by atoms with Gasteiger partial charge in [0.1, 0.15) is 0 Å². The number of hydrogen-bond acceptors (Lipinski definition) is 0. The summed E-state index contributed by atoms with van der Waals surface area (Å²) in [4.78, 5) is 0. The first-order chi connectivity index (χ1) is 8.99. The minimum atomic E-state index is 0.874. The number of hydrogen-bond donors (Lipinski definition) is 0. The van der Waals surface area contributed by atoms with E-state index < -0.39 is 0 Å². The summed E-state index contributed by atoms with van der Waals surface area (Å²) in [6.45, 7) is 11.8. The standard InChI is InChI=1S/C19H36/c1-15(2)10-12-18(5)19-9-7-6-8-16(3)14-17(4)11-13-19/h10,16-19H,6-9,11-14H2,1-5H3. The molecule has 0 heteroatoms. The van der Waals surface area contributed by atoms with Crippen LogP contribution in [0.25, 0.3) is 0 Å². The Morgan fingerprint density at radius 3 is 2.32 bits per heavy atom. The lowest BCUT2D eigenvalue weighted by Gasteiger charge is -2.27. The molecular formula is C19H36. The van der Waals surface area contributed by atoms with Crippen LogP contribution < -0.4 is 0 Å². The van der Waals surface area contributed by atoms with Crippen molar-refractivity contribution in [3.63, 3.8) is 0 Å². The van der Waals surface area contributed by atoms with Crippen LogP contribution in [0, 0.1) is 23.7 Å². The Morgan fingerprint density at radius 2 is 1.63 bits per heavy atom. The zero-order chi connectivity index (χ0) is 14.3. The van der Waals surface area contributed by atoms with Crippen LogP contribution in [0.2, 0.25) is 0 Å². The highest BCUT2D eigenvalue weighted by Crippen LogP contribution is 2.32. The van der Waals surface area contributed by atoms with Crippen LogP contribution in [0.1, 0.15) is 86.0 Å². The minimum absolute atomic E-state index is 0.874. The van der Waals surface area contributed by atoms with Crippen LogP contribution in [0.15, 0.2) is 11.6 Å². The maximum absolute atomic E-state index is 2.48. The van der Waals surface area contributed by atoms with Gasteiger partial charge in [0, 0.05) is 0 Å². The highest BCUT2D eigenvalue weighted by atomic mass is 14.3. The highest BCUT2D eigenvalue weighted by Gasteiger charge is 2.19. The van der Waals surface area contributed by atoms with E-state index in [1.165, 1.54) is 56.9 Å². The van der Waals surface area contributed by atoms with E-state index in [0.29, 0.717) is 0 Å². The third-order valence-electron chi connectivity index (χ3n) is 5.06. The molecule has 0 spiro atoms. The summed E-state index contributed by atoms with van der Waals surface area (Å²) in [6, 6.07) is 0. The zero-order valence-corrected chi connectivity index (χ0v) is 14.0. The third kappa shape index (κ3) is 7.18. The molecule has 0 bridgehead atoms. The van der Waals surface area contributed by atoms with Crippen LogP contribution in [-0.4, -0.2) is 0 Å². The molecule has 112 valence electrons. The van der Waals surface area contributed by atoms with E-state index in [1.54, 1.807) is 0 Å². The summed E-state index contributed by atoms with van der Waals surface area (Å²) in [5.74, 6) is 3.73. The lowest BCUT2D eigenvalue weighted by molar-refractivity contribution is 0.252. The van der Waals surface area contributed by atoms with Gasteiger partial charge in [0.2, 0.25) is 0 Å². The molecule has 1 aliphatic carbocycles. The van der Waals surface area contributed by atoms with Crippen LogP contribution in [-0.2, 0) is 0 Å². The van der Waals surface area contributed by atoms with Gasteiger partial charge in [0.25, 0.3) is 0 Å². The summed E-state index contributed by atoms with van der Waals surface area (Å²) in [6.07, 6.45) is 13.9. The molecule has 0 nitrogen and oxygen atoms in total. The first-order valence-electron chi connectivity index (χ1n) is 8.62. The molecule has 0 N–H and O–H groups in total. The molecule has 1 fully saturated rings. The molecule has 0 aromatic carbocycles. The quantitative estimate of drug-likeness (QED) is 0.503. The fourth-order valence-electron chi connectivity index (χ4n) is 3.65. The van der Waals surface area contributed by atoms with E-state index in [9.17, 15) is 0 Å². The predicted molar refractivity (Wildman–Crippen MR) is 87.3 cm³/mol. The van der Waals surface area contributed by atoms with Crippen molar-refractivity contribution >= 4 is 0 Å². The molecule has 1 aliphatic rings. The second kappa shape index (κ2) is 8.82. The molecular weight excluding hydrogens is 228 g/mol. The van der Waals surface area contributed by atoms with Crippen LogP contribution in [0.3, 0.4) is 0 Å². The Morgan fingerprint density at radius 1 is 1.00 bits per heavy atom. The van der Waals surface area contributed by atoms with Gasteiger partial charge in [0.05, 0.1) is 0 Å². The SMILES string of the molecule is CC(C)=CCC(C)C1CCCCC(C)CC(C)CC1. The maximum atomic E-state index is 2.48. The molecule has 4 unspecified atom stereocenters. The normalized spacial score (nSPS) is 31.5. The van der Waals surface area contributed by atoms with E-state index in [2.05, 4.69) is 40.7 Å². The molecule has 4 atom stereocenters. The van der Waals surface area contributed by atoms with Crippen LogP contribution in [0.4, 0.5) is 0 Å². The van der Waals surface area contributed by atoms with Crippen LogP contribution >= 0.6 is 0 Å². The van der Waals surface area contributed by atoms with Gasteiger partial charge in [-0.2, -0.15) is 0 Å². The smallest absolute Gasteiger partial charge is 0.0320 e. The predicted octanol–water partition coefficient (Wildman–Crippen LogP) is 6.61. The Kier molecular flexibility index (Phi) is 7.80. The summed E-state index contributed by atoms with van der Waals surface area (Å²) in [7, 11) is 0. The first-order valence-corrected chi connectivity index (χ1v) is 8.62. The average molecular weight is 264 g/mol. The largest absolute Gasteiger partial charge is 0.0856 e. The van der Waals surface area contributed by atoms with E-state index in [4.69, 9.17) is 0 Å². The summed E-state index contributed by atoms with van der Waals surface area (Å²) < 4.78 is 0. The number of rotatable bonds is 3. The second-order valence-electron chi connectivity index (χ2n) is 7.56.